The van der Waals surface area contributed by atoms with E-state index in [-0.39, 0.29) is 77.3 Å². The first-order valence-corrected chi connectivity index (χ1v) is 28.0. The zero-order valence-corrected chi connectivity index (χ0v) is 42.6. The molecular weight excluding hydrogens is 919 g/mol. The van der Waals surface area contributed by atoms with Crippen LogP contribution in [0, 0.1) is 23.7 Å². The van der Waals surface area contributed by atoms with Crippen LogP contribution in [0.1, 0.15) is 140 Å². The number of pyridine rings is 1. The Labute approximate surface area is 428 Å². The molecule has 15 heteroatoms. The zero-order valence-electron chi connectivity index (χ0n) is 42.6. The van der Waals surface area contributed by atoms with Gasteiger partial charge in [0.15, 0.2) is 5.82 Å². The number of carbonyl (C=O) groups is 5. The van der Waals surface area contributed by atoms with Crippen LogP contribution in [0.4, 0.5) is 11.5 Å². The third kappa shape index (κ3) is 8.39. The number of hydrogen-bond acceptors (Lipinski definition) is 10. The summed E-state index contributed by atoms with van der Waals surface area (Å²) >= 11 is 0. The van der Waals surface area contributed by atoms with Crippen molar-refractivity contribution in [2.75, 3.05) is 49.5 Å². The van der Waals surface area contributed by atoms with Crippen LogP contribution in [-0.2, 0) is 29.4 Å². The summed E-state index contributed by atoms with van der Waals surface area (Å²) in [5.74, 6) is 1.74. The Morgan fingerprint density at radius 2 is 1.53 bits per heavy atom. The maximum Gasteiger partial charge on any atom is 0.238 e. The molecule has 2 bridgehead atoms. The van der Waals surface area contributed by atoms with Crippen LogP contribution in [-0.4, -0.2) is 122 Å². The number of anilines is 2. The Hall–Kier alpha value is -5.83. The van der Waals surface area contributed by atoms with Gasteiger partial charge >= 0.3 is 0 Å². The van der Waals surface area contributed by atoms with E-state index in [2.05, 4.69) is 72.9 Å². The Morgan fingerprint density at radius 3 is 2.23 bits per heavy atom. The van der Waals surface area contributed by atoms with E-state index in [1.165, 1.54) is 19.3 Å². The smallest absolute Gasteiger partial charge is 0.238 e. The van der Waals surface area contributed by atoms with E-state index in [1.807, 2.05) is 30.6 Å². The maximum absolute atomic E-state index is 15.3. The van der Waals surface area contributed by atoms with Crippen molar-refractivity contribution in [1.82, 2.24) is 34.6 Å². The van der Waals surface area contributed by atoms with Gasteiger partial charge in [0.1, 0.15) is 11.3 Å². The van der Waals surface area contributed by atoms with Crippen LogP contribution in [0.15, 0.2) is 54.9 Å². The molecule has 4 saturated carbocycles. The maximum atomic E-state index is 15.3. The Morgan fingerprint density at radius 1 is 0.795 bits per heavy atom. The highest BCUT2D eigenvalue weighted by Gasteiger charge is 2.58. The first kappa shape index (κ1) is 46.9. The lowest BCUT2D eigenvalue weighted by Crippen LogP contribution is -2.63. The fraction of sp³-hybridized carbons (Fsp3) is 0.603. The van der Waals surface area contributed by atoms with E-state index in [4.69, 9.17) is 14.7 Å². The van der Waals surface area contributed by atoms with E-state index >= 15 is 4.79 Å². The SMILES string of the molecule is CC(C)n1cnc2cc(-c3ccc4c(c3)N([C@H]3C[C@@H](N5CCCCC5)C3)C(=O)C43CCN(C(=O)C4C5CC4CN(C(=O)[C@H]4CC[C@H](Oc6ccc(C7CCC(=O)NC7=O)cc6)CC4)C5)CC3)nc(NC3CC3)c21. The van der Waals surface area contributed by atoms with E-state index in [0.29, 0.717) is 63.9 Å². The number of fused-ring (bicyclic) bond motifs is 5. The zero-order chi connectivity index (χ0) is 49.7. The molecule has 2 aromatic carbocycles. The van der Waals surface area contributed by atoms with Crippen LogP contribution in [0.5, 0.6) is 5.75 Å². The third-order valence-corrected chi connectivity index (χ3v) is 19.0. The molecule has 5 amide bonds. The number of carbonyl (C=O) groups excluding carboxylic acids is 5. The van der Waals surface area contributed by atoms with Gasteiger partial charge < -0.3 is 34.2 Å². The molecule has 15 nitrogen and oxygen atoms in total. The van der Waals surface area contributed by atoms with Gasteiger partial charge in [-0.15, -0.1) is 0 Å². The second-order valence-electron chi connectivity index (χ2n) is 23.8. The number of ether oxygens (including phenoxy) is 1. The molecule has 3 unspecified atom stereocenters. The molecule has 0 radical (unpaired) electrons. The normalized spacial score (nSPS) is 30.0. The molecule has 9 fully saturated rings. The first-order chi connectivity index (χ1) is 35.5. The lowest BCUT2D eigenvalue weighted by atomic mass is 9.60. The number of aromatic nitrogens is 3. The average molecular weight is 990 g/mol. The Balaban J connectivity index is 0.658. The lowest BCUT2D eigenvalue weighted by molar-refractivity contribution is -0.163. The number of nitrogens with zero attached hydrogens (tertiary/aromatic N) is 7. The fourth-order valence-corrected chi connectivity index (χ4v) is 14.5. The molecule has 3 atom stereocenters. The number of imidazole rings is 1. The minimum Gasteiger partial charge on any atom is -0.490 e. The lowest BCUT2D eigenvalue weighted by Gasteiger charge is -2.54. The number of imide groups is 1. The average Bonchev–Trinajstić information content (AvgIpc) is 4.05. The van der Waals surface area contributed by atoms with E-state index < -0.39 is 5.41 Å². The highest BCUT2D eigenvalue weighted by Crippen LogP contribution is 2.54. The Bertz CT molecular complexity index is 2820. The minimum absolute atomic E-state index is 0.0245. The van der Waals surface area contributed by atoms with Gasteiger partial charge in [-0.1, -0.05) is 30.7 Å². The van der Waals surface area contributed by atoms with E-state index in [0.717, 1.165) is 122 Å². The quantitative estimate of drug-likeness (QED) is 0.142. The van der Waals surface area contributed by atoms with Gasteiger partial charge in [0, 0.05) is 79.9 Å². The molecule has 4 aliphatic carbocycles. The number of amides is 5. The van der Waals surface area contributed by atoms with Crippen molar-refractivity contribution < 1.29 is 28.7 Å². The van der Waals surface area contributed by atoms with Crippen molar-refractivity contribution in [3.63, 3.8) is 0 Å². The summed E-state index contributed by atoms with van der Waals surface area (Å²) in [4.78, 5) is 86.8. The fourth-order valence-electron chi connectivity index (χ4n) is 14.5. The third-order valence-electron chi connectivity index (χ3n) is 19.0. The molecule has 2 aromatic heterocycles. The standard InChI is InChI=1S/C58H71N9O6/c1-34(2)66-33-59-48-30-47(61-53(52(48)66)60-40-11-12-40)37-10-18-46-49(27-37)67(42-28-41(29-42)63-22-4-3-5-23-63)57(72)58(46)20-24-64(25-21-58)56(71)51-38-26-39(51)32-65(31-38)55(70)36-8-15-44(16-9-36)73-43-13-6-35(7-14-43)45-17-19-50(68)62-54(45)69/h6-7,10,13-14,18,27,30,33-34,36,38-42,44-45,51H,3-5,8-9,11-12,15-17,19-26,28-29,31-32H2,1-2H3,(H,60,61)(H,62,68,69)/t36-,38?,39?,41-,42+,44-,45?,51?. The van der Waals surface area contributed by atoms with E-state index in [1.54, 1.807) is 0 Å². The minimum atomic E-state index is -0.669. The van der Waals surface area contributed by atoms with Crippen molar-refractivity contribution in [3.05, 3.63) is 66.0 Å². The Kier molecular flexibility index (Phi) is 11.9. The molecule has 6 aliphatic heterocycles. The van der Waals surface area contributed by atoms with Gasteiger partial charge in [-0.05, 0) is 164 Å². The highest BCUT2D eigenvalue weighted by molar-refractivity contribution is 6.09. The van der Waals surface area contributed by atoms with Gasteiger partial charge in [0.25, 0.3) is 0 Å². The number of nitrogens with one attached hydrogen (secondary N) is 2. The summed E-state index contributed by atoms with van der Waals surface area (Å²) < 4.78 is 8.54. The van der Waals surface area contributed by atoms with Gasteiger partial charge in [0.05, 0.1) is 35.0 Å². The summed E-state index contributed by atoms with van der Waals surface area (Å²) in [6.45, 7) is 9.05. The second kappa shape index (κ2) is 18.5. The van der Waals surface area contributed by atoms with Crippen molar-refractivity contribution in [2.45, 2.75) is 158 Å². The number of likely N-dealkylation sites (tertiary alicyclic amines) is 2. The van der Waals surface area contributed by atoms with E-state index in [9.17, 15) is 19.2 Å². The summed E-state index contributed by atoms with van der Waals surface area (Å²) in [5.41, 5.74) is 6.15. The monoisotopic (exact) mass is 990 g/mol. The molecule has 14 rings (SSSR count). The summed E-state index contributed by atoms with van der Waals surface area (Å²) in [7, 11) is 0. The molecule has 2 N–H and O–H groups in total. The summed E-state index contributed by atoms with van der Waals surface area (Å²) in [6.07, 6.45) is 16.3. The first-order valence-electron chi connectivity index (χ1n) is 28.0. The molecule has 4 aromatic rings. The number of piperidine rings is 5. The van der Waals surface area contributed by atoms with Gasteiger partial charge in [-0.25, -0.2) is 9.97 Å². The summed E-state index contributed by atoms with van der Waals surface area (Å²) in [5, 5.41) is 6.15. The molecule has 1 spiro atoms. The van der Waals surface area contributed by atoms with Crippen LogP contribution in [0.2, 0.25) is 0 Å². The van der Waals surface area contributed by atoms with Gasteiger partial charge in [-0.2, -0.15) is 0 Å². The predicted octanol–water partition coefficient (Wildman–Crippen LogP) is 7.73. The van der Waals surface area contributed by atoms with Crippen LogP contribution < -0.4 is 20.3 Å². The number of rotatable bonds is 11. The molecule has 8 heterocycles. The molecule has 73 heavy (non-hydrogen) atoms. The highest BCUT2D eigenvalue weighted by atomic mass is 16.5. The van der Waals surface area contributed by atoms with Crippen molar-refractivity contribution in [2.24, 2.45) is 23.7 Å². The second-order valence-corrected chi connectivity index (χ2v) is 23.8. The number of benzene rings is 2. The summed E-state index contributed by atoms with van der Waals surface area (Å²) in [6, 6.07) is 17.7. The largest absolute Gasteiger partial charge is 0.490 e. The van der Waals surface area contributed by atoms with Crippen molar-refractivity contribution >= 4 is 52.1 Å². The van der Waals surface area contributed by atoms with Crippen LogP contribution >= 0.6 is 0 Å². The van der Waals surface area contributed by atoms with Crippen molar-refractivity contribution in [1.29, 1.82) is 0 Å². The molecule has 5 saturated heterocycles. The molecular formula is C58H71N9O6. The molecule has 384 valence electrons. The number of hydrogen-bond donors (Lipinski definition) is 2. The predicted molar refractivity (Wildman–Crippen MR) is 277 cm³/mol. The van der Waals surface area contributed by atoms with Crippen LogP contribution in [0.25, 0.3) is 22.3 Å². The van der Waals surface area contributed by atoms with Gasteiger partial charge in [0.2, 0.25) is 29.5 Å². The molecule has 10 aliphatic rings. The topological polar surface area (TPSA) is 162 Å². The van der Waals surface area contributed by atoms with Crippen LogP contribution in [0.3, 0.4) is 0 Å². The van der Waals surface area contributed by atoms with Crippen molar-refractivity contribution in [3.8, 4) is 17.0 Å². The van der Waals surface area contributed by atoms with Gasteiger partial charge in [-0.3, -0.25) is 29.3 Å².